The van der Waals surface area contributed by atoms with Crippen molar-refractivity contribution in [3.63, 3.8) is 0 Å². The van der Waals surface area contributed by atoms with E-state index in [1.165, 1.54) is 4.90 Å². The SMILES string of the molecule is Cc1cc(C)cc(C(=O)Nc2ccc(C)c(N3Cc4cnc(Nc5ccc(C)c(N)c5)nc4N(C)C3=O)c2)c1. The molecule has 4 aromatic rings. The molecule has 3 aromatic carbocycles. The summed E-state index contributed by atoms with van der Waals surface area (Å²) in [6, 6.07) is 16.7. The number of anilines is 6. The Morgan fingerprint density at radius 2 is 1.62 bits per heavy atom. The van der Waals surface area contributed by atoms with Gasteiger partial charge >= 0.3 is 6.03 Å². The van der Waals surface area contributed by atoms with E-state index in [0.29, 0.717) is 40.9 Å². The molecule has 0 fully saturated rings. The quantitative estimate of drug-likeness (QED) is 0.283. The minimum atomic E-state index is -0.229. The highest BCUT2D eigenvalue weighted by molar-refractivity contribution is 6.07. The average molecular weight is 522 g/mol. The molecule has 9 heteroatoms. The summed E-state index contributed by atoms with van der Waals surface area (Å²) >= 11 is 0. The van der Waals surface area contributed by atoms with Crippen LogP contribution in [0.4, 0.5) is 39.3 Å². The summed E-state index contributed by atoms with van der Waals surface area (Å²) in [4.78, 5) is 38.7. The molecule has 198 valence electrons. The van der Waals surface area contributed by atoms with E-state index in [9.17, 15) is 9.59 Å². The Hall–Kier alpha value is -4.92. The van der Waals surface area contributed by atoms with Crippen molar-refractivity contribution in [1.82, 2.24) is 9.97 Å². The summed E-state index contributed by atoms with van der Waals surface area (Å²) in [7, 11) is 1.69. The molecule has 5 rings (SSSR count). The summed E-state index contributed by atoms with van der Waals surface area (Å²) in [6.07, 6.45) is 1.72. The molecule has 0 unspecified atom stereocenters. The molecule has 1 aliphatic rings. The smallest absolute Gasteiger partial charge is 0.330 e. The van der Waals surface area contributed by atoms with Gasteiger partial charge in [-0.05, 0) is 75.2 Å². The first kappa shape index (κ1) is 25.7. The number of aromatic nitrogens is 2. The summed E-state index contributed by atoms with van der Waals surface area (Å²) in [6.45, 7) is 8.10. The van der Waals surface area contributed by atoms with Gasteiger partial charge in [-0.15, -0.1) is 0 Å². The molecular formula is C30H31N7O2. The number of amides is 3. The first-order valence-corrected chi connectivity index (χ1v) is 12.6. The highest BCUT2D eigenvalue weighted by Gasteiger charge is 2.31. The molecule has 0 bridgehead atoms. The Morgan fingerprint density at radius 1 is 0.923 bits per heavy atom. The Kier molecular flexibility index (Phi) is 6.66. The number of nitrogens with one attached hydrogen (secondary N) is 2. The van der Waals surface area contributed by atoms with Gasteiger partial charge in [-0.25, -0.2) is 9.78 Å². The van der Waals surface area contributed by atoms with Gasteiger partial charge in [0.25, 0.3) is 5.91 Å². The number of nitrogen functional groups attached to an aromatic ring is 1. The number of carbonyl (C=O) groups excluding carboxylic acids is 2. The standard InChI is InChI=1S/C30H31N7O2/c1-17-10-18(2)12-21(11-17)28(38)33-24-9-7-20(4)26(14-24)37-16-22-15-32-29(35-27(22)36(5)30(37)39)34-23-8-6-19(3)25(31)13-23/h6-15H,16,31H2,1-5H3,(H,33,38)(H,32,34,35). The third-order valence-electron chi connectivity index (χ3n) is 6.78. The maximum Gasteiger partial charge on any atom is 0.330 e. The van der Waals surface area contributed by atoms with Crippen LogP contribution in [0.5, 0.6) is 0 Å². The Labute approximate surface area is 227 Å². The number of nitrogens with two attached hydrogens (primary N) is 1. The number of carbonyl (C=O) groups is 2. The van der Waals surface area contributed by atoms with Crippen LogP contribution in [0.25, 0.3) is 0 Å². The van der Waals surface area contributed by atoms with Gasteiger partial charge in [-0.1, -0.05) is 29.3 Å². The van der Waals surface area contributed by atoms with Gasteiger partial charge in [-0.2, -0.15) is 4.98 Å². The van der Waals surface area contributed by atoms with Gasteiger partial charge in [0.05, 0.1) is 12.2 Å². The Balaban J connectivity index is 1.39. The van der Waals surface area contributed by atoms with Gasteiger partial charge in [-0.3, -0.25) is 14.6 Å². The maximum atomic E-state index is 13.5. The van der Waals surface area contributed by atoms with Gasteiger partial charge in [0.15, 0.2) is 0 Å². The van der Waals surface area contributed by atoms with E-state index in [1.54, 1.807) is 18.1 Å². The fourth-order valence-corrected chi connectivity index (χ4v) is 4.69. The lowest BCUT2D eigenvalue weighted by Crippen LogP contribution is -2.46. The Bertz CT molecular complexity index is 1600. The van der Waals surface area contributed by atoms with Crippen LogP contribution in [0, 0.1) is 27.7 Å². The number of hydrogen-bond acceptors (Lipinski definition) is 6. The molecule has 0 spiro atoms. The molecule has 1 aliphatic heterocycles. The minimum absolute atomic E-state index is 0.201. The van der Waals surface area contributed by atoms with E-state index in [4.69, 9.17) is 5.73 Å². The highest BCUT2D eigenvalue weighted by atomic mass is 16.2. The van der Waals surface area contributed by atoms with E-state index >= 15 is 0 Å². The van der Waals surface area contributed by atoms with Crippen LogP contribution in [0.15, 0.2) is 60.8 Å². The molecule has 0 radical (unpaired) electrons. The zero-order valence-electron chi connectivity index (χ0n) is 22.7. The van der Waals surface area contributed by atoms with Crippen molar-refractivity contribution in [2.75, 3.05) is 33.2 Å². The largest absolute Gasteiger partial charge is 0.398 e. The predicted molar refractivity (Wildman–Crippen MR) is 156 cm³/mol. The number of hydrogen-bond donors (Lipinski definition) is 3. The van der Waals surface area contributed by atoms with Crippen molar-refractivity contribution in [1.29, 1.82) is 0 Å². The van der Waals surface area contributed by atoms with E-state index in [0.717, 1.165) is 33.5 Å². The number of nitrogens with zero attached hydrogens (tertiary/aromatic N) is 4. The topological polar surface area (TPSA) is 116 Å². The lowest BCUT2D eigenvalue weighted by atomic mass is 10.1. The minimum Gasteiger partial charge on any atom is -0.398 e. The second-order valence-electron chi connectivity index (χ2n) is 10.00. The fourth-order valence-electron chi connectivity index (χ4n) is 4.69. The van der Waals surface area contributed by atoms with Crippen molar-refractivity contribution >= 4 is 46.5 Å². The van der Waals surface area contributed by atoms with E-state index in [2.05, 4.69) is 20.6 Å². The summed E-state index contributed by atoms with van der Waals surface area (Å²) in [5.41, 5.74) is 14.1. The van der Waals surface area contributed by atoms with Crippen molar-refractivity contribution in [3.05, 3.63) is 94.2 Å². The van der Waals surface area contributed by atoms with Gasteiger partial charge < -0.3 is 16.4 Å². The zero-order chi connectivity index (χ0) is 27.8. The average Bonchev–Trinajstić information content (AvgIpc) is 2.89. The molecule has 39 heavy (non-hydrogen) atoms. The number of urea groups is 1. The molecule has 0 aliphatic carbocycles. The summed E-state index contributed by atoms with van der Waals surface area (Å²) < 4.78 is 0. The van der Waals surface area contributed by atoms with Gasteiger partial charge in [0.1, 0.15) is 5.82 Å². The van der Waals surface area contributed by atoms with Crippen molar-refractivity contribution in [2.45, 2.75) is 34.2 Å². The normalized spacial score (nSPS) is 12.8. The van der Waals surface area contributed by atoms with Crippen molar-refractivity contribution in [2.24, 2.45) is 0 Å². The number of fused-ring (bicyclic) bond motifs is 1. The third-order valence-corrected chi connectivity index (χ3v) is 6.78. The van der Waals surface area contributed by atoms with E-state index in [-0.39, 0.29) is 11.9 Å². The monoisotopic (exact) mass is 521 g/mol. The maximum absolute atomic E-state index is 13.5. The molecule has 0 atom stereocenters. The number of benzene rings is 3. The molecule has 0 saturated heterocycles. The van der Waals surface area contributed by atoms with Crippen molar-refractivity contribution in [3.8, 4) is 0 Å². The Morgan fingerprint density at radius 3 is 2.33 bits per heavy atom. The second kappa shape index (κ2) is 10.1. The molecule has 2 heterocycles. The highest BCUT2D eigenvalue weighted by Crippen LogP contribution is 2.33. The predicted octanol–water partition coefficient (Wildman–Crippen LogP) is 5.86. The molecule has 3 amide bonds. The van der Waals surface area contributed by atoms with Crippen molar-refractivity contribution < 1.29 is 9.59 Å². The lowest BCUT2D eigenvalue weighted by molar-refractivity contribution is 0.102. The molecular weight excluding hydrogens is 490 g/mol. The molecule has 4 N–H and O–H groups in total. The van der Waals surface area contributed by atoms with Crippen LogP contribution in [0.3, 0.4) is 0 Å². The second-order valence-corrected chi connectivity index (χ2v) is 10.00. The zero-order valence-corrected chi connectivity index (χ0v) is 22.7. The van der Waals surface area contributed by atoms with Crippen LogP contribution in [0.2, 0.25) is 0 Å². The van der Waals surface area contributed by atoms with Crippen LogP contribution in [-0.4, -0.2) is 29.0 Å². The third kappa shape index (κ3) is 5.24. The lowest BCUT2D eigenvalue weighted by Gasteiger charge is -2.35. The molecule has 9 nitrogen and oxygen atoms in total. The molecule has 1 aromatic heterocycles. The van der Waals surface area contributed by atoms with Crippen LogP contribution in [-0.2, 0) is 6.54 Å². The van der Waals surface area contributed by atoms with Crippen LogP contribution >= 0.6 is 0 Å². The number of aryl methyl sites for hydroxylation is 4. The van der Waals surface area contributed by atoms with Crippen LogP contribution in [0.1, 0.15) is 38.2 Å². The fraction of sp³-hybridized carbons (Fsp3) is 0.200. The number of rotatable bonds is 5. The summed E-state index contributed by atoms with van der Waals surface area (Å²) in [5, 5.41) is 6.13. The van der Waals surface area contributed by atoms with Gasteiger partial charge in [0, 0.05) is 41.4 Å². The van der Waals surface area contributed by atoms with Crippen LogP contribution < -0.4 is 26.2 Å². The van der Waals surface area contributed by atoms with E-state index < -0.39 is 0 Å². The van der Waals surface area contributed by atoms with Gasteiger partial charge in [0.2, 0.25) is 5.95 Å². The first-order chi connectivity index (χ1) is 18.6. The summed E-state index contributed by atoms with van der Waals surface area (Å²) in [5.74, 6) is 0.705. The molecule has 0 saturated carbocycles. The first-order valence-electron chi connectivity index (χ1n) is 12.6. The van der Waals surface area contributed by atoms with E-state index in [1.807, 2.05) is 82.3 Å².